The molecule has 0 aliphatic carbocycles. The summed E-state index contributed by atoms with van der Waals surface area (Å²) in [6, 6.07) is 9.52. The fraction of sp³-hybridized carbons (Fsp3) is 0.375. The zero-order valence-electron chi connectivity index (χ0n) is 12.4. The fourth-order valence-corrected chi connectivity index (χ4v) is 2.78. The van der Waals surface area contributed by atoms with Crippen molar-refractivity contribution in [3.05, 3.63) is 47.0 Å². The first-order valence-electron chi connectivity index (χ1n) is 7.12. The number of aromatic nitrogens is 1. The summed E-state index contributed by atoms with van der Waals surface area (Å²) in [5, 5.41) is 5.39. The molecule has 0 fully saturated rings. The number of aryl methyl sites for hydroxylation is 1. The van der Waals surface area contributed by atoms with Crippen LogP contribution in [0.25, 0.3) is 0 Å². The maximum atomic E-state index is 12.0. The SMILES string of the molecule is CC(C)c1csc(NC(=O)[C@@H](N)CCc2ccccc2)n1. The number of thiazole rings is 1. The predicted molar refractivity (Wildman–Crippen MR) is 87.6 cm³/mol. The Morgan fingerprint density at radius 1 is 1.33 bits per heavy atom. The molecule has 2 rings (SSSR count). The van der Waals surface area contributed by atoms with Crippen LogP contribution in [0.5, 0.6) is 0 Å². The van der Waals surface area contributed by atoms with Crippen LogP contribution in [0.15, 0.2) is 35.7 Å². The van der Waals surface area contributed by atoms with E-state index in [-0.39, 0.29) is 5.91 Å². The molecule has 0 saturated carbocycles. The minimum Gasteiger partial charge on any atom is -0.320 e. The number of hydrogen-bond acceptors (Lipinski definition) is 4. The molecule has 0 bridgehead atoms. The van der Waals surface area contributed by atoms with Gasteiger partial charge in [0.05, 0.1) is 11.7 Å². The van der Waals surface area contributed by atoms with E-state index in [4.69, 9.17) is 5.73 Å². The molecule has 4 nitrogen and oxygen atoms in total. The van der Waals surface area contributed by atoms with Crippen molar-refractivity contribution in [3.8, 4) is 0 Å². The second-order valence-corrected chi connectivity index (χ2v) is 6.21. The first kappa shape index (κ1) is 15.7. The Kier molecular flexibility index (Phi) is 5.47. The van der Waals surface area contributed by atoms with E-state index < -0.39 is 6.04 Å². The van der Waals surface area contributed by atoms with Crippen molar-refractivity contribution in [2.24, 2.45) is 5.73 Å². The predicted octanol–water partition coefficient (Wildman–Crippen LogP) is 3.17. The van der Waals surface area contributed by atoms with Gasteiger partial charge in [-0.25, -0.2) is 4.98 Å². The lowest BCUT2D eigenvalue weighted by atomic mass is 10.1. The highest BCUT2D eigenvalue weighted by Gasteiger charge is 2.15. The molecule has 21 heavy (non-hydrogen) atoms. The van der Waals surface area contributed by atoms with E-state index in [0.29, 0.717) is 17.5 Å². The average molecular weight is 303 g/mol. The number of nitrogens with one attached hydrogen (secondary N) is 1. The van der Waals surface area contributed by atoms with Crippen LogP contribution < -0.4 is 11.1 Å². The van der Waals surface area contributed by atoms with Crippen LogP contribution in [0.3, 0.4) is 0 Å². The zero-order valence-corrected chi connectivity index (χ0v) is 13.2. The van der Waals surface area contributed by atoms with Gasteiger partial charge in [-0.3, -0.25) is 4.79 Å². The van der Waals surface area contributed by atoms with Gasteiger partial charge in [0.2, 0.25) is 5.91 Å². The van der Waals surface area contributed by atoms with E-state index >= 15 is 0 Å². The van der Waals surface area contributed by atoms with E-state index in [2.05, 4.69) is 24.1 Å². The molecule has 1 heterocycles. The Bertz CT molecular complexity index is 580. The van der Waals surface area contributed by atoms with E-state index in [1.165, 1.54) is 16.9 Å². The molecule has 2 aromatic rings. The second kappa shape index (κ2) is 7.33. The number of carbonyl (C=O) groups is 1. The molecule has 0 saturated heterocycles. The minimum absolute atomic E-state index is 0.171. The molecular weight excluding hydrogens is 282 g/mol. The third-order valence-corrected chi connectivity index (χ3v) is 4.04. The average Bonchev–Trinajstić information content (AvgIpc) is 2.94. The summed E-state index contributed by atoms with van der Waals surface area (Å²) in [5.74, 6) is 0.189. The first-order chi connectivity index (χ1) is 10.1. The number of hydrogen-bond donors (Lipinski definition) is 2. The summed E-state index contributed by atoms with van der Waals surface area (Å²) in [5.41, 5.74) is 8.13. The minimum atomic E-state index is -0.517. The van der Waals surface area contributed by atoms with Crippen LogP contribution in [0.1, 0.15) is 37.4 Å². The molecule has 0 spiro atoms. The monoisotopic (exact) mass is 303 g/mol. The molecule has 0 unspecified atom stereocenters. The lowest BCUT2D eigenvalue weighted by molar-refractivity contribution is -0.117. The molecule has 5 heteroatoms. The third-order valence-electron chi connectivity index (χ3n) is 3.27. The van der Waals surface area contributed by atoms with E-state index in [1.54, 1.807) is 0 Å². The number of rotatable bonds is 6. The van der Waals surface area contributed by atoms with Crippen LogP contribution in [-0.4, -0.2) is 16.9 Å². The van der Waals surface area contributed by atoms with Gasteiger partial charge in [-0.2, -0.15) is 0 Å². The normalized spacial score (nSPS) is 12.4. The van der Waals surface area contributed by atoms with Crippen LogP contribution in [-0.2, 0) is 11.2 Å². The summed E-state index contributed by atoms with van der Waals surface area (Å²) < 4.78 is 0. The zero-order chi connectivity index (χ0) is 15.2. The summed E-state index contributed by atoms with van der Waals surface area (Å²) in [7, 11) is 0. The topological polar surface area (TPSA) is 68.0 Å². The van der Waals surface area contributed by atoms with Gasteiger partial charge in [0.15, 0.2) is 5.13 Å². The Morgan fingerprint density at radius 3 is 2.67 bits per heavy atom. The molecule has 1 amide bonds. The highest BCUT2D eigenvalue weighted by molar-refractivity contribution is 7.13. The smallest absolute Gasteiger partial charge is 0.243 e. The summed E-state index contributed by atoms with van der Waals surface area (Å²) in [6.45, 7) is 4.15. The van der Waals surface area contributed by atoms with Crippen molar-refractivity contribution >= 4 is 22.4 Å². The van der Waals surface area contributed by atoms with Gasteiger partial charge < -0.3 is 11.1 Å². The van der Waals surface area contributed by atoms with Crippen LogP contribution in [0.4, 0.5) is 5.13 Å². The highest BCUT2D eigenvalue weighted by Crippen LogP contribution is 2.21. The largest absolute Gasteiger partial charge is 0.320 e. The van der Waals surface area contributed by atoms with E-state index in [0.717, 1.165) is 12.1 Å². The van der Waals surface area contributed by atoms with Gasteiger partial charge >= 0.3 is 0 Å². The Balaban J connectivity index is 1.84. The van der Waals surface area contributed by atoms with Crippen molar-refractivity contribution in [3.63, 3.8) is 0 Å². The maximum Gasteiger partial charge on any atom is 0.243 e. The maximum absolute atomic E-state index is 12.0. The summed E-state index contributed by atoms with van der Waals surface area (Å²) >= 11 is 1.44. The van der Waals surface area contributed by atoms with Crippen molar-refractivity contribution in [2.45, 2.75) is 38.6 Å². The standard InChI is InChI=1S/C16H21N3OS/c1-11(2)14-10-21-16(18-14)19-15(20)13(17)9-8-12-6-4-3-5-7-12/h3-7,10-11,13H,8-9,17H2,1-2H3,(H,18,19,20)/t13-/m0/s1. The Labute approximate surface area is 129 Å². The lowest BCUT2D eigenvalue weighted by Crippen LogP contribution is -2.36. The lowest BCUT2D eigenvalue weighted by Gasteiger charge is -2.10. The van der Waals surface area contributed by atoms with Gasteiger partial charge in [0.1, 0.15) is 0 Å². The number of nitrogens with two attached hydrogens (primary N) is 1. The van der Waals surface area contributed by atoms with Gasteiger partial charge in [0, 0.05) is 5.38 Å². The molecular formula is C16H21N3OS. The second-order valence-electron chi connectivity index (χ2n) is 5.35. The quantitative estimate of drug-likeness (QED) is 0.861. The van der Waals surface area contributed by atoms with E-state index in [1.807, 2.05) is 35.7 Å². The van der Waals surface area contributed by atoms with Crippen LogP contribution in [0, 0.1) is 0 Å². The molecule has 0 aliphatic heterocycles. The number of amides is 1. The molecule has 0 aliphatic rings. The van der Waals surface area contributed by atoms with Crippen molar-refractivity contribution in [1.29, 1.82) is 0 Å². The van der Waals surface area contributed by atoms with Gasteiger partial charge in [0.25, 0.3) is 0 Å². The Hall–Kier alpha value is -1.72. The molecule has 1 aromatic carbocycles. The molecule has 112 valence electrons. The Morgan fingerprint density at radius 2 is 2.05 bits per heavy atom. The third kappa shape index (κ3) is 4.65. The first-order valence-corrected chi connectivity index (χ1v) is 8.00. The van der Waals surface area contributed by atoms with Gasteiger partial charge in [-0.1, -0.05) is 44.2 Å². The van der Waals surface area contributed by atoms with Crippen molar-refractivity contribution in [2.75, 3.05) is 5.32 Å². The van der Waals surface area contributed by atoms with Crippen molar-refractivity contribution in [1.82, 2.24) is 4.98 Å². The van der Waals surface area contributed by atoms with Crippen molar-refractivity contribution < 1.29 is 4.79 Å². The number of benzene rings is 1. The highest BCUT2D eigenvalue weighted by atomic mass is 32.1. The number of carbonyl (C=O) groups excluding carboxylic acids is 1. The van der Waals surface area contributed by atoms with Gasteiger partial charge in [-0.15, -0.1) is 11.3 Å². The molecule has 0 radical (unpaired) electrons. The van der Waals surface area contributed by atoms with E-state index in [9.17, 15) is 4.79 Å². The molecule has 1 aromatic heterocycles. The summed E-state index contributed by atoms with van der Waals surface area (Å²) in [4.78, 5) is 16.4. The number of nitrogens with zero attached hydrogens (tertiary/aromatic N) is 1. The number of anilines is 1. The van der Waals surface area contributed by atoms with Crippen LogP contribution in [0.2, 0.25) is 0 Å². The van der Waals surface area contributed by atoms with Crippen LogP contribution >= 0.6 is 11.3 Å². The fourth-order valence-electron chi connectivity index (χ4n) is 1.90. The molecule has 1 atom stereocenters. The van der Waals surface area contributed by atoms with Gasteiger partial charge in [-0.05, 0) is 24.3 Å². The summed E-state index contributed by atoms with van der Waals surface area (Å²) in [6.07, 6.45) is 1.42. The molecule has 3 N–H and O–H groups in total.